The van der Waals surface area contributed by atoms with E-state index in [2.05, 4.69) is 19.0 Å². The minimum atomic E-state index is -0.0775. The highest BCUT2D eigenvalue weighted by Crippen LogP contribution is 2.26. The molecular weight excluding hydrogens is 280 g/mol. The molecule has 0 aromatic heterocycles. The van der Waals surface area contributed by atoms with Gasteiger partial charge in [0.2, 0.25) is 0 Å². The minimum absolute atomic E-state index is 0.0775. The molecule has 0 atom stereocenters. The molecule has 1 aromatic carbocycles. The fourth-order valence-electron chi connectivity index (χ4n) is 1.55. The molecule has 0 heterocycles. The summed E-state index contributed by atoms with van der Waals surface area (Å²) in [6.45, 7) is 5.87. The molecule has 0 radical (unpaired) electrons. The van der Waals surface area contributed by atoms with Crippen molar-refractivity contribution in [3.63, 3.8) is 0 Å². The second-order valence-electron chi connectivity index (χ2n) is 4.74. The Hall–Kier alpha value is -1.46. The van der Waals surface area contributed by atoms with Gasteiger partial charge in [0.25, 0.3) is 0 Å². The molecule has 0 aliphatic carbocycles. The van der Waals surface area contributed by atoms with E-state index < -0.39 is 0 Å². The maximum Gasteiger partial charge on any atom is 0.175 e. The molecule has 5 nitrogen and oxygen atoms in total. The lowest BCUT2D eigenvalue weighted by atomic mass is 10.1. The van der Waals surface area contributed by atoms with Crippen LogP contribution in [0.15, 0.2) is 23.4 Å². The van der Waals surface area contributed by atoms with E-state index in [1.807, 2.05) is 0 Å². The fourth-order valence-corrected chi connectivity index (χ4v) is 1.82. The Morgan fingerprint density at radius 2 is 2.10 bits per heavy atom. The van der Waals surface area contributed by atoms with Crippen LogP contribution in [0.25, 0.3) is 0 Å². The van der Waals surface area contributed by atoms with Crippen LogP contribution in [0.4, 0.5) is 0 Å². The first-order valence-electron chi connectivity index (χ1n) is 6.53. The second kappa shape index (κ2) is 8.66. The van der Waals surface area contributed by atoms with E-state index in [0.29, 0.717) is 42.1 Å². The first-order chi connectivity index (χ1) is 9.56. The van der Waals surface area contributed by atoms with Crippen LogP contribution in [0.1, 0.15) is 25.8 Å². The Balaban J connectivity index is 2.50. The minimum Gasteiger partial charge on any atom is -0.490 e. The van der Waals surface area contributed by atoms with Gasteiger partial charge in [0, 0.05) is 6.61 Å². The Morgan fingerprint density at radius 3 is 2.75 bits per heavy atom. The quantitative estimate of drug-likeness (QED) is 0.254. The Bertz CT molecular complexity index is 450. The summed E-state index contributed by atoms with van der Waals surface area (Å²) in [7, 11) is 0. The molecule has 0 aliphatic heterocycles. The lowest BCUT2D eigenvalue weighted by Gasteiger charge is -2.12. The summed E-state index contributed by atoms with van der Waals surface area (Å²) in [4.78, 5) is 0. The number of halogens is 1. The summed E-state index contributed by atoms with van der Waals surface area (Å²) in [6, 6.07) is 5.11. The van der Waals surface area contributed by atoms with Gasteiger partial charge in [-0.3, -0.25) is 0 Å². The van der Waals surface area contributed by atoms with Crippen molar-refractivity contribution in [2.24, 2.45) is 16.8 Å². The molecule has 1 aromatic rings. The van der Waals surface area contributed by atoms with Crippen LogP contribution in [0, 0.1) is 5.92 Å². The standard InChI is InChI=1S/C14H21ClN2O3/c1-10(2)6-7-19-8-9-20-12-5-3-4-11(15)13(12)14(16)17-18/h3-5,10,18H,6-9H2,1-2H3,(H2,16,17). The highest BCUT2D eigenvalue weighted by atomic mass is 35.5. The van der Waals surface area contributed by atoms with Gasteiger partial charge < -0.3 is 20.4 Å². The summed E-state index contributed by atoms with van der Waals surface area (Å²) >= 11 is 6.02. The normalized spacial score (nSPS) is 11.9. The maximum absolute atomic E-state index is 8.75. The zero-order valence-corrected chi connectivity index (χ0v) is 12.6. The van der Waals surface area contributed by atoms with Crippen LogP contribution in [0.5, 0.6) is 5.75 Å². The SMILES string of the molecule is CC(C)CCOCCOc1cccc(Cl)c1/C(N)=N/O. The van der Waals surface area contributed by atoms with Crippen molar-refractivity contribution < 1.29 is 14.7 Å². The number of ether oxygens (including phenoxy) is 2. The van der Waals surface area contributed by atoms with Crippen molar-refractivity contribution in [3.8, 4) is 5.75 Å². The van der Waals surface area contributed by atoms with Crippen molar-refractivity contribution in [3.05, 3.63) is 28.8 Å². The zero-order chi connectivity index (χ0) is 15.0. The van der Waals surface area contributed by atoms with Crippen LogP contribution in [-0.2, 0) is 4.74 Å². The van der Waals surface area contributed by atoms with E-state index >= 15 is 0 Å². The van der Waals surface area contributed by atoms with Gasteiger partial charge in [-0.1, -0.05) is 36.7 Å². The Morgan fingerprint density at radius 1 is 1.35 bits per heavy atom. The molecule has 3 N–H and O–H groups in total. The zero-order valence-electron chi connectivity index (χ0n) is 11.8. The highest BCUT2D eigenvalue weighted by molar-refractivity contribution is 6.34. The number of hydrogen-bond acceptors (Lipinski definition) is 4. The molecular formula is C14H21ClN2O3. The van der Waals surface area contributed by atoms with Gasteiger partial charge in [0.1, 0.15) is 12.4 Å². The predicted octanol–water partition coefficient (Wildman–Crippen LogP) is 2.88. The Labute approximate surface area is 124 Å². The van der Waals surface area contributed by atoms with Gasteiger partial charge in [-0.2, -0.15) is 0 Å². The van der Waals surface area contributed by atoms with E-state index in [0.717, 1.165) is 6.42 Å². The van der Waals surface area contributed by atoms with Crippen molar-refractivity contribution >= 4 is 17.4 Å². The second-order valence-corrected chi connectivity index (χ2v) is 5.15. The molecule has 20 heavy (non-hydrogen) atoms. The average Bonchev–Trinajstić information content (AvgIpc) is 2.41. The third kappa shape index (κ3) is 5.27. The number of benzene rings is 1. The van der Waals surface area contributed by atoms with E-state index in [1.165, 1.54) is 0 Å². The van der Waals surface area contributed by atoms with Gasteiger partial charge in [-0.25, -0.2) is 0 Å². The van der Waals surface area contributed by atoms with Gasteiger partial charge in [0.05, 0.1) is 17.2 Å². The summed E-state index contributed by atoms with van der Waals surface area (Å²) in [5, 5.41) is 12.1. The van der Waals surface area contributed by atoms with E-state index in [1.54, 1.807) is 18.2 Å². The molecule has 112 valence electrons. The predicted molar refractivity (Wildman–Crippen MR) is 79.7 cm³/mol. The first-order valence-corrected chi connectivity index (χ1v) is 6.91. The average molecular weight is 301 g/mol. The molecule has 0 fully saturated rings. The molecule has 0 aliphatic rings. The molecule has 0 amide bonds. The van der Waals surface area contributed by atoms with E-state index in [9.17, 15) is 0 Å². The molecule has 1 rings (SSSR count). The van der Waals surface area contributed by atoms with Gasteiger partial charge in [-0.05, 0) is 24.5 Å². The summed E-state index contributed by atoms with van der Waals surface area (Å²) in [5.41, 5.74) is 5.97. The summed E-state index contributed by atoms with van der Waals surface area (Å²) in [5.74, 6) is 1.02. The van der Waals surface area contributed by atoms with Crippen LogP contribution in [-0.4, -0.2) is 30.9 Å². The van der Waals surface area contributed by atoms with Crippen LogP contribution in [0.3, 0.4) is 0 Å². The third-order valence-electron chi connectivity index (χ3n) is 2.66. The van der Waals surface area contributed by atoms with Crippen molar-refractivity contribution in [1.29, 1.82) is 0 Å². The smallest absolute Gasteiger partial charge is 0.175 e. The van der Waals surface area contributed by atoms with Crippen LogP contribution >= 0.6 is 11.6 Å². The first kappa shape index (κ1) is 16.6. The topological polar surface area (TPSA) is 77.1 Å². The molecule has 6 heteroatoms. The lowest BCUT2D eigenvalue weighted by Crippen LogP contribution is -2.17. The van der Waals surface area contributed by atoms with E-state index in [-0.39, 0.29) is 5.84 Å². The summed E-state index contributed by atoms with van der Waals surface area (Å²) in [6.07, 6.45) is 1.02. The number of amidine groups is 1. The van der Waals surface area contributed by atoms with Gasteiger partial charge >= 0.3 is 0 Å². The number of nitrogens with zero attached hydrogens (tertiary/aromatic N) is 1. The number of oxime groups is 1. The monoisotopic (exact) mass is 300 g/mol. The molecule has 0 spiro atoms. The molecule has 0 saturated carbocycles. The lowest BCUT2D eigenvalue weighted by molar-refractivity contribution is 0.0925. The Kier molecular flexibility index (Phi) is 7.18. The highest BCUT2D eigenvalue weighted by Gasteiger charge is 2.12. The van der Waals surface area contributed by atoms with Crippen molar-refractivity contribution in [2.45, 2.75) is 20.3 Å². The third-order valence-corrected chi connectivity index (χ3v) is 2.98. The number of rotatable bonds is 8. The molecule has 0 saturated heterocycles. The van der Waals surface area contributed by atoms with Crippen molar-refractivity contribution in [1.82, 2.24) is 0 Å². The van der Waals surface area contributed by atoms with Crippen LogP contribution in [0.2, 0.25) is 5.02 Å². The van der Waals surface area contributed by atoms with Crippen molar-refractivity contribution in [2.75, 3.05) is 19.8 Å². The van der Waals surface area contributed by atoms with Gasteiger partial charge in [-0.15, -0.1) is 0 Å². The summed E-state index contributed by atoms with van der Waals surface area (Å²) < 4.78 is 11.0. The molecule has 0 unspecified atom stereocenters. The largest absolute Gasteiger partial charge is 0.490 e. The van der Waals surface area contributed by atoms with Crippen LogP contribution < -0.4 is 10.5 Å². The maximum atomic E-state index is 8.75. The molecule has 0 bridgehead atoms. The number of hydrogen-bond donors (Lipinski definition) is 2. The number of nitrogens with two attached hydrogens (primary N) is 1. The van der Waals surface area contributed by atoms with E-state index in [4.69, 9.17) is 32.0 Å². The fraction of sp³-hybridized carbons (Fsp3) is 0.500. The van der Waals surface area contributed by atoms with Gasteiger partial charge in [0.15, 0.2) is 5.84 Å².